The molecule has 1 saturated heterocycles. The number of ether oxygens (including phenoxy) is 1. The molecule has 1 unspecified atom stereocenters. The van der Waals surface area contributed by atoms with Crippen LogP contribution in [0.25, 0.3) is 0 Å². The van der Waals surface area contributed by atoms with Crippen molar-refractivity contribution < 1.29 is 4.74 Å². The average Bonchev–Trinajstić information content (AvgIpc) is 2.83. The van der Waals surface area contributed by atoms with Gasteiger partial charge in [-0.05, 0) is 29.9 Å². The van der Waals surface area contributed by atoms with E-state index in [0.29, 0.717) is 12.0 Å². The molecule has 1 atom stereocenters. The standard InChI is InChI=1S/C15H23NO.ClH/c1-12(2)14-7-5-13(6-8-14)10-16-11-15-4-3-9-17-15;/h5-8,12,15-16H,3-4,9-11H2,1-2H3;1H. The van der Waals surface area contributed by atoms with Gasteiger partial charge >= 0.3 is 0 Å². The van der Waals surface area contributed by atoms with E-state index in [1.165, 1.54) is 24.0 Å². The van der Waals surface area contributed by atoms with Crippen LogP contribution in [0, 0.1) is 0 Å². The molecule has 0 radical (unpaired) electrons. The predicted octanol–water partition coefficient (Wildman–Crippen LogP) is 3.50. The normalized spacial score (nSPS) is 18.9. The lowest BCUT2D eigenvalue weighted by molar-refractivity contribution is 0.110. The van der Waals surface area contributed by atoms with Crippen molar-refractivity contribution in [3.05, 3.63) is 35.4 Å². The van der Waals surface area contributed by atoms with Gasteiger partial charge in [0, 0.05) is 19.7 Å². The highest BCUT2D eigenvalue weighted by atomic mass is 35.5. The molecule has 1 fully saturated rings. The van der Waals surface area contributed by atoms with Gasteiger partial charge in [-0.15, -0.1) is 12.4 Å². The van der Waals surface area contributed by atoms with Gasteiger partial charge in [-0.25, -0.2) is 0 Å². The van der Waals surface area contributed by atoms with Gasteiger partial charge in [0.15, 0.2) is 0 Å². The van der Waals surface area contributed by atoms with E-state index in [2.05, 4.69) is 43.4 Å². The van der Waals surface area contributed by atoms with Crippen LogP contribution in [-0.2, 0) is 11.3 Å². The molecule has 3 heteroatoms. The Bertz CT molecular complexity index is 331. The fraction of sp³-hybridized carbons (Fsp3) is 0.600. The van der Waals surface area contributed by atoms with Gasteiger partial charge in [0.2, 0.25) is 0 Å². The van der Waals surface area contributed by atoms with E-state index in [9.17, 15) is 0 Å². The van der Waals surface area contributed by atoms with Crippen molar-refractivity contribution in [1.29, 1.82) is 0 Å². The van der Waals surface area contributed by atoms with Crippen LogP contribution < -0.4 is 5.32 Å². The molecule has 1 N–H and O–H groups in total. The molecule has 102 valence electrons. The van der Waals surface area contributed by atoms with Crippen molar-refractivity contribution >= 4 is 12.4 Å². The van der Waals surface area contributed by atoms with Crippen molar-refractivity contribution in [2.45, 2.75) is 45.3 Å². The van der Waals surface area contributed by atoms with E-state index >= 15 is 0 Å². The highest BCUT2D eigenvalue weighted by molar-refractivity contribution is 5.85. The summed E-state index contributed by atoms with van der Waals surface area (Å²) < 4.78 is 5.58. The summed E-state index contributed by atoms with van der Waals surface area (Å²) >= 11 is 0. The third kappa shape index (κ3) is 4.60. The third-order valence-electron chi connectivity index (χ3n) is 3.37. The van der Waals surface area contributed by atoms with Gasteiger partial charge < -0.3 is 10.1 Å². The van der Waals surface area contributed by atoms with E-state index in [0.717, 1.165) is 19.7 Å². The zero-order valence-electron chi connectivity index (χ0n) is 11.3. The molecule has 2 rings (SSSR count). The van der Waals surface area contributed by atoms with Crippen LogP contribution in [0.5, 0.6) is 0 Å². The van der Waals surface area contributed by atoms with E-state index in [-0.39, 0.29) is 12.4 Å². The second-order valence-electron chi connectivity index (χ2n) is 5.16. The zero-order valence-corrected chi connectivity index (χ0v) is 12.1. The van der Waals surface area contributed by atoms with E-state index < -0.39 is 0 Å². The summed E-state index contributed by atoms with van der Waals surface area (Å²) in [6.07, 6.45) is 2.86. The van der Waals surface area contributed by atoms with Crippen LogP contribution >= 0.6 is 12.4 Å². The Kier molecular flexibility index (Phi) is 6.69. The molecule has 0 aliphatic carbocycles. The lowest BCUT2D eigenvalue weighted by Gasteiger charge is -2.11. The number of rotatable bonds is 5. The molecule has 0 spiro atoms. The minimum Gasteiger partial charge on any atom is -0.377 e. The summed E-state index contributed by atoms with van der Waals surface area (Å²) in [5, 5.41) is 3.47. The Labute approximate surface area is 117 Å². The van der Waals surface area contributed by atoms with E-state index in [1.54, 1.807) is 0 Å². The van der Waals surface area contributed by atoms with E-state index in [1.807, 2.05) is 0 Å². The molecular formula is C15H24ClNO. The molecule has 2 nitrogen and oxygen atoms in total. The van der Waals surface area contributed by atoms with Crippen molar-refractivity contribution in [3.63, 3.8) is 0 Å². The van der Waals surface area contributed by atoms with Crippen LogP contribution in [0.15, 0.2) is 24.3 Å². The lowest BCUT2D eigenvalue weighted by Crippen LogP contribution is -2.25. The highest BCUT2D eigenvalue weighted by Crippen LogP contribution is 2.15. The number of hydrogen-bond acceptors (Lipinski definition) is 2. The second kappa shape index (κ2) is 7.78. The first-order valence-corrected chi connectivity index (χ1v) is 6.67. The van der Waals surface area contributed by atoms with Gasteiger partial charge in [-0.2, -0.15) is 0 Å². The Balaban J connectivity index is 0.00000162. The first-order valence-electron chi connectivity index (χ1n) is 6.67. The van der Waals surface area contributed by atoms with Crippen molar-refractivity contribution in [2.75, 3.05) is 13.2 Å². The second-order valence-corrected chi connectivity index (χ2v) is 5.16. The minimum atomic E-state index is 0. The molecule has 1 aromatic rings. The summed E-state index contributed by atoms with van der Waals surface area (Å²) in [6, 6.07) is 8.90. The topological polar surface area (TPSA) is 21.3 Å². The molecule has 1 heterocycles. The summed E-state index contributed by atoms with van der Waals surface area (Å²) in [4.78, 5) is 0. The van der Waals surface area contributed by atoms with Crippen molar-refractivity contribution in [3.8, 4) is 0 Å². The summed E-state index contributed by atoms with van der Waals surface area (Å²) in [6.45, 7) is 7.31. The lowest BCUT2D eigenvalue weighted by atomic mass is 10.0. The Morgan fingerprint density at radius 2 is 2.00 bits per heavy atom. The molecule has 1 aliphatic rings. The highest BCUT2D eigenvalue weighted by Gasteiger charge is 2.14. The molecule has 0 amide bonds. The number of hydrogen-bond donors (Lipinski definition) is 1. The zero-order chi connectivity index (χ0) is 12.1. The van der Waals surface area contributed by atoms with Crippen molar-refractivity contribution in [2.24, 2.45) is 0 Å². The smallest absolute Gasteiger partial charge is 0.0700 e. The number of nitrogens with one attached hydrogen (secondary N) is 1. The van der Waals surface area contributed by atoms with Crippen LogP contribution in [0.4, 0.5) is 0 Å². The molecule has 1 aliphatic heterocycles. The van der Waals surface area contributed by atoms with Crippen LogP contribution in [0.2, 0.25) is 0 Å². The Morgan fingerprint density at radius 1 is 1.28 bits per heavy atom. The number of benzene rings is 1. The molecular weight excluding hydrogens is 246 g/mol. The van der Waals surface area contributed by atoms with Crippen molar-refractivity contribution in [1.82, 2.24) is 5.32 Å². The summed E-state index contributed by atoms with van der Waals surface area (Å²) in [5.41, 5.74) is 2.76. The van der Waals surface area contributed by atoms with Gasteiger partial charge in [0.1, 0.15) is 0 Å². The first-order chi connectivity index (χ1) is 8.25. The third-order valence-corrected chi connectivity index (χ3v) is 3.37. The molecule has 1 aromatic carbocycles. The van der Waals surface area contributed by atoms with Gasteiger partial charge in [-0.1, -0.05) is 38.1 Å². The fourth-order valence-electron chi connectivity index (χ4n) is 2.20. The average molecular weight is 270 g/mol. The molecule has 0 bridgehead atoms. The monoisotopic (exact) mass is 269 g/mol. The Hall–Kier alpha value is -0.570. The number of halogens is 1. The molecule has 0 aromatic heterocycles. The van der Waals surface area contributed by atoms with Gasteiger partial charge in [-0.3, -0.25) is 0 Å². The predicted molar refractivity (Wildman–Crippen MR) is 78.5 cm³/mol. The van der Waals surface area contributed by atoms with Crippen LogP contribution in [-0.4, -0.2) is 19.3 Å². The van der Waals surface area contributed by atoms with Crippen LogP contribution in [0.3, 0.4) is 0 Å². The van der Waals surface area contributed by atoms with Crippen LogP contribution in [0.1, 0.15) is 43.7 Å². The quantitative estimate of drug-likeness (QED) is 0.883. The van der Waals surface area contributed by atoms with E-state index in [4.69, 9.17) is 4.74 Å². The maximum absolute atomic E-state index is 5.58. The van der Waals surface area contributed by atoms with Gasteiger partial charge in [0.05, 0.1) is 6.10 Å². The first kappa shape index (κ1) is 15.5. The largest absolute Gasteiger partial charge is 0.377 e. The Morgan fingerprint density at radius 3 is 2.56 bits per heavy atom. The summed E-state index contributed by atoms with van der Waals surface area (Å²) in [7, 11) is 0. The fourth-order valence-corrected chi connectivity index (χ4v) is 2.20. The minimum absolute atomic E-state index is 0. The molecule has 18 heavy (non-hydrogen) atoms. The van der Waals surface area contributed by atoms with Gasteiger partial charge in [0.25, 0.3) is 0 Å². The maximum atomic E-state index is 5.58. The summed E-state index contributed by atoms with van der Waals surface area (Å²) in [5.74, 6) is 0.615. The maximum Gasteiger partial charge on any atom is 0.0700 e. The molecule has 0 saturated carbocycles. The SMILES string of the molecule is CC(C)c1ccc(CNCC2CCCO2)cc1.Cl.